The van der Waals surface area contributed by atoms with E-state index in [2.05, 4.69) is 4.74 Å². The third-order valence-corrected chi connectivity index (χ3v) is 0.369. The average Bonchev–Trinajstić information content (AvgIpc) is 1.21. The van der Waals surface area contributed by atoms with Crippen molar-refractivity contribution in [2.24, 2.45) is 0 Å². The summed E-state index contributed by atoms with van der Waals surface area (Å²) in [5.41, 5.74) is 0. The van der Waals surface area contributed by atoms with Gasteiger partial charge in [-0.2, -0.15) is 8.78 Å². The van der Waals surface area contributed by atoms with Crippen LogP contribution in [0.3, 0.4) is 0 Å². The molecule has 0 aliphatic rings. The second-order valence-electron chi connectivity index (χ2n) is 1.47. The predicted octanol–water partition coefficient (Wildman–Crippen LogP) is 1.93. The van der Waals surface area contributed by atoms with E-state index >= 15 is 0 Å². The lowest BCUT2D eigenvalue weighted by Gasteiger charge is -2.10. The van der Waals surface area contributed by atoms with Crippen molar-refractivity contribution < 1.29 is 17.9 Å². The van der Waals surface area contributed by atoms with Gasteiger partial charge in [0.25, 0.3) is 0 Å². The van der Waals surface area contributed by atoms with E-state index in [0.29, 0.717) is 6.92 Å². The molecule has 0 heterocycles. The number of hydrogen-bond donors (Lipinski definition) is 0. The fourth-order valence-electron chi connectivity index (χ4n) is 0.285. The van der Waals surface area contributed by atoms with E-state index in [0.717, 1.165) is 6.92 Å². The molecule has 1 atom stereocenters. The molecular weight excluding hydrogens is 121 g/mol. The molecule has 0 aromatic heterocycles. The molecule has 8 heavy (non-hydrogen) atoms. The van der Waals surface area contributed by atoms with Crippen LogP contribution in [0.1, 0.15) is 13.8 Å². The minimum Gasteiger partial charge on any atom is -0.286 e. The Hall–Kier alpha value is -0.250. The molecule has 4 heteroatoms. The summed E-state index contributed by atoms with van der Waals surface area (Å²) in [6.45, 7) is 1.39. The van der Waals surface area contributed by atoms with Crippen LogP contribution in [0.4, 0.5) is 13.2 Å². The predicted molar refractivity (Wildman–Crippen MR) is 22.3 cm³/mol. The van der Waals surface area contributed by atoms with Crippen LogP contribution in [0.5, 0.6) is 0 Å². The Labute approximate surface area is 45.4 Å². The zero-order chi connectivity index (χ0) is 6.78. The van der Waals surface area contributed by atoms with Crippen molar-refractivity contribution >= 4 is 0 Å². The number of hydrogen-bond acceptors (Lipinski definition) is 1. The highest BCUT2D eigenvalue weighted by atomic mass is 19.3. The smallest absolute Gasteiger partial charge is 0.286 e. The van der Waals surface area contributed by atoms with Gasteiger partial charge in [-0.05, 0) is 6.92 Å². The molecule has 0 radical (unpaired) electrons. The van der Waals surface area contributed by atoms with Crippen molar-refractivity contribution in [2.45, 2.75) is 26.3 Å². The van der Waals surface area contributed by atoms with Crippen molar-refractivity contribution in [3.8, 4) is 0 Å². The lowest BCUT2D eigenvalue weighted by Crippen LogP contribution is -2.19. The summed E-state index contributed by atoms with van der Waals surface area (Å²) in [6.07, 6.45) is -5.26. The fraction of sp³-hybridized carbons (Fsp3) is 1.00. The molecule has 0 spiro atoms. The van der Waals surface area contributed by atoms with Crippen LogP contribution in [0.15, 0.2) is 0 Å². The Bertz CT molecular complexity index is 66.2. The van der Waals surface area contributed by atoms with E-state index in [1.807, 2.05) is 0 Å². The zero-order valence-corrected chi connectivity index (χ0v) is 4.62. The second kappa shape index (κ2) is 2.35. The van der Waals surface area contributed by atoms with Gasteiger partial charge >= 0.3 is 6.11 Å². The zero-order valence-electron chi connectivity index (χ0n) is 4.62. The summed E-state index contributed by atoms with van der Waals surface area (Å²) in [5.74, 6) is 0. The fourth-order valence-corrected chi connectivity index (χ4v) is 0.285. The first-order valence-corrected chi connectivity index (χ1v) is 2.11. The molecule has 0 bridgehead atoms. The summed E-state index contributed by atoms with van der Waals surface area (Å²) in [6, 6.07) is 0. The molecule has 0 saturated carbocycles. The first-order valence-electron chi connectivity index (χ1n) is 2.11. The van der Waals surface area contributed by atoms with Crippen LogP contribution in [0.2, 0.25) is 0 Å². The Balaban J connectivity index is 3.39. The molecular formula is C4H7F3O. The van der Waals surface area contributed by atoms with Crippen LogP contribution in [-0.4, -0.2) is 12.5 Å². The largest absolute Gasteiger partial charge is 0.355 e. The third kappa shape index (κ3) is 5.75. The van der Waals surface area contributed by atoms with Crippen LogP contribution < -0.4 is 0 Å². The Kier molecular flexibility index (Phi) is 2.27. The van der Waals surface area contributed by atoms with Crippen LogP contribution in [0.25, 0.3) is 0 Å². The Morgan fingerprint density at radius 3 is 1.88 bits per heavy atom. The van der Waals surface area contributed by atoms with Crippen LogP contribution in [0, 0.1) is 0 Å². The maximum Gasteiger partial charge on any atom is 0.355 e. The number of rotatable bonds is 2. The Morgan fingerprint density at radius 2 is 1.88 bits per heavy atom. The Morgan fingerprint density at radius 1 is 1.50 bits per heavy atom. The number of alkyl halides is 3. The van der Waals surface area contributed by atoms with Gasteiger partial charge in [-0.25, -0.2) is 4.39 Å². The van der Waals surface area contributed by atoms with Crippen molar-refractivity contribution in [1.29, 1.82) is 0 Å². The lowest BCUT2D eigenvalue weighted by atomic mass is 10.7. The molecule has 50 valence electrons. The molecule has 0 N–H and O–H groups in total. The van der Waals surface area contributed by atoms with Crippen molar-refractivity contribution in [3.05, 3.63) is 0 Å². The third-order valence-electron chi connectivity index (χ3n) is 0.369. The highest BCUT2D eigenvalue weighted by molar-refractivity contribution is 4.37. The molecule has 0 aliphatic carbocycles. The molecule has 1 nitrogen and oxygen atoms in total. The van der Waals surface area contributed by atoms with Gasteiger partial charge in [0, 0.05) is 6.92 Å². The van der Waals surface area contributed by atoms with Gasteiger partial charge in [0.1, 0.15) is 0 Å². The minimum atomic E-state index is -3.35. The van der Waals surface area contributed by atoms with Gasteiger partial charge in [0.05, 0.1) is 0 Å². The van der Waals surface area contributed by atoms with Gasteiger partial charge in [0.2, 0.25) is 6.36 Å². The highest BCUT2D eigenvalue weighted by Crippen LogP contribution is 2.15. The minimum absolute atomic E-state index is 0.489. The van der Waals surface area contributed by atoms with Gasteiger partial charge in [-0.3, -0.25) is 4.74 Å². The molecule has 0 aliphatic heterocycles. The van der Waals surface area contributed by atoms with E-state index in [-0.39, 0.29) is 0 Å². The first kappa shape index (κ1) is 7.75. The molecule has 1 unspecified atom stereocenters. The molecule has 0 amide bonds. The SMILES string of the molecule is CC(F)OC(C)(F)F. The van der Waals surface area contributed by atoms with Crippen molar-refractivity contribution in [3.63, 3.8) is 0 Å². The van der Waals surface area contributed by atoms with Gasteiger partial charge in [-0.1, -0.05) is 0 Å². The molecule has 0 fully saturated rings. The van der Waals surface area contributed by atoms with E-state index in [9.17, 15) is 13.2 Å². The molecule has 0 aromatic rings. The number of halogens is 3. The van der Waals surface area contributed by atoms with E-state index < -0.39 is 12.5 Å². The summed E-state index contributed by atoms with van der Waals surface area (Å²) in [7, 11) is 0. The molecule has 0 saturated heterocycles. The molecule has 0 rings (SSSR count). The highest BCUT2D eigenvalue weighted by Gasteiger charge is 2.24. The summed E-state index contributed by atoms with van der Waals surface area (Å²) in [5, 5.41) is 0. The summed E-state index contributed by atoms with van der Waals surface area (Å²) in [4.78, 5) is 0. The maximum atomic E-state index is 11.5. The first-order chi connectivity index (χ1) is 3.42. The monoisotopic (exact) mass is 128 g/mol. The lowest BCUT2D eigenvalue weighted by molar-refractivity contribution is -0.271. The number of ether oxygens (including phenoxy) is 1. The summed E-state index contributed by atoms with van der Waals surface area (Å²) >= 11 is 0. The average molecular weight is 128 g/mol. The summed E-state index contributed by atoms with van der Waals surface area (Å²) < 4.78 is 38.0. The van der Waals surface area contributed by atoms with Gasteiger partial charge < -0.3 is 0 Å². The van der Waals surface area contributed by atoms with Gasteiger partial charge in [-0.15, -0.1) is 0 Å². The second-order valence-corrected chi connectivity index (χ2v) is 1.47. The normalized spacial score (nSPS) is 16.1. The quantitative estimate of drug-likeness (QED) is 0.552. The topological polar surface area (TPSA) is 9.23 Å². The maximum absolute atomic E-state index is 11.5. The standard InChI is InChI=1S/C4H7F3O/c1-3(5)8-4(2,6)7/h3H,1-2H3. The van der Waals surface area contributed by atoms with Gasteiger partial charge in [0.15, 0.2) is 0 Å². The van der Waals surface area contributed by atoms with Crippen molar-refractivity contribution in [1.82, 2.24) is 0 Å². The van der Waals surface area contributed by atoms with Crippen molar-refractivity contribution in [2.75, 3.05) is 0 Å². The molecule has 0 aromatic carbocycles. The van der Waals surface area contributed by atoms with E-state index in [4.69, 9.17) is 0 Å². The van der Waals surface area contributed by atoms with E-state index in [1.54, 1.807) is 0 Å². The van der Waals surface area contributed by atoms with Crippen LogP contribution in [-0.2, 0) is 4.74 Å². The van der Waals surface area contributed by atoms with Crippen LogP contribution >= 0.6 is 0 Å². The van der Waals surface area contributed by atoms with E-state index in [1.165, 1.54) is 0 Å².